The number of nitrogens with one attached hydrogen (secondary N) is 1. The van der Waals surface area contributed by atoms with Gasteiger partial charge in [-0.15, -0.1) is 11.3 Å². The lowest BCUT2D eigenvalue weighted by Crippen LogP contribution is -2.01. The van der Waals surface area contributed by atoms with Gasteiger partial charge in [-0.05, 0) is 37.9 Å². The van der Waals surface area contributed by atoms with E-state index in [-0.39, 0.29) is 5.69 Å². The highest BCUT2D eigenvalue weighted by molar-refractivity contribution is 9.11. The summed E-state index contributed by atoms with van der Waals surface area (Å²) in [5.41, 5.74) is 2.18. The Morgan fingerprint density at radius 1 is 1.42 bits per heavy atom. The lowest BCUT2D eigenvalue weighted by Gasteiger charge is -2.11. The molecular formula is C11H8Br2N2O3S. The first-order valence-corrected chi connectivity index (χ1v) is 7.46. The molecule has 1 heterocycles. The van der Waals surface area contributed by atoms with Crippen molar-refractivity contribution in [2.24, 2.45) is 0 Å². The van der Waals surface area contributed by atoms with E-state index in [9.17, 15) is 4.79 Å². The molecule has 2 rings (SSSR count). The molecule has 5 nitrogen and oxygen atoms in total. The van der Waals surface area contributed by atoms with E-state index in [1.54, 1.807) is 13.2 Å². The van der Waals surface area contributed by atoms with Gasteiger partial charge in [0.25, 0.3) is 0 Å². The zero-order valence-electron chi connectivity index (χ0n) is 9.61. The van der Waals surface area contributed by atoms with Gasteiger partial charge in [0.05, 0.1) is 22.8 Å². The van der Waals surface area contributed by atoms with Gasteiger partial charge >= 0.3 is 5.97 Å². The van der Waals surface area contributed by atoms with Crippen LogP contribution in [0.4, 0.5) is 10.7 Å². The van der Waals surface area contributed by atoms with Crippen LogP contribution in [0, 0.1) is 0 Å². The first-order chi connectivity index (χ1) is 9.02. The summed E-state index contributed by atoms with van der Waals surface area (Å²) in [6.07, 6.45) is 0. The third kappa shape index (κ3) is 3.07. The minimum absolute atomic E-state index is 0.00112. The van der Waals surface area contributed by atoms with Gasteiger partial charge in [0.1, 0.15) is 10.8 Å². The van der Waals surface area contributed by atoms with E-state index < -0.39 is 5.97 Å². The molecule has 0 atom stereocenters. The monoisotopic (exact) mass is 406 g/mol. The highest BCUT2D eigenvalue weighted by atomic mass is 79.9. The zero-order chi connectivity index (χ0) is 14.0. The van der Waals surface area contributed by atoms with Crippen LogP contribution < -0.4 is 10.1 Å². The lowest BCUT2D eigenvalue weighted by atomic mass is 10.3. The molecule has 0 fully saturated rings. The molecule has 1 aromatic heterocycles. The number of carbonyl (C=O) groups is 1. The fourth-order valence-corrected chi connectivity index (χ4v) is 3.33. The second-order valence-electron chi connectivity index (χ2n) is 3.43. The second kappa shape index (κ2) is 5.89. The number of rotatable bonds is 4. The van der Waals surface area contributed by atoms with Crippen LogP contribution in [0.3, 0.4) is 0 Å². The second-order valence-corrected chi connectivity index (χ2v) is 5.99. The molecule has 0 unspecified atom stereocenters. The largest absolute Gasteiger partial charge is 0.495 e. The fourth-order valence-electron chi connectivity index (χ4n) is 1.39. The van der Waals surface area contributed by atoms with Crippen molar-refractivity contribution in [2.45, 2.75) is 0 Å². The molecule has 0 amide bonds. The molecule has 2 aromatic rings. The SMILES string of the molecule is COc1cc(Nc2scnc2C(=O)O)c(Br)cc1Br. The number of halogens is 2. The van der Waals surface area contributed by atoms with Gasteiger partial charge in [0.2, 0.25) is 0 Å². The Kier molecular flexibility index (Phi) is 4.43. The topological polar surface area (TPSA) is 71.5 Å². The Hall–Kier alpha value is -1.12. The average Bonchev–Trinajstić information content (AvgIpc) is 2.81. The van der Waals surface area contributed by atoms with Crippen molar-refractivity contribution in [3.05, 3.63) is 32.3 Å². The van der Waals surface area contributed by atoms with Crippen molar-refractivity contribution in [1.29, 1.82) is 0 Å². The average molecular weight is 408 g/mol. The summed E-state index contributed by atoms with van der Waals surface area (Å²) < 4.78 is 6.78. The number of methoxy groups -OCH3 is 1. The number of anilines is 2. The third-order valence-electron chi connectivity index (χ3n) is 2.26. The highest BCUT2D eigenvalue weighted by Crippen LogP contribution is 2.37. The van der Waals surface area contributed by atoms with Crippen molar-refractivity contribution in [3.8, 4) is 5.75 Å². The first kappa shape index (κ1) is 14.3. The molecule has 0 spiro atoms. The Morgan fingerprint density at radius 3 is 2.79 bits per heavy atom. The number of aromatic nitrogens is 1. The van der Waals surface area contributed by atoms with E-state index >= 15 is 0 Å². The Morgan fingerprint density at radius 2 is 2.16 bits per heavy atom. The van der Waals surface area contributed by atoms with E-state index in [1.165, 1.54) is 16.8 Å². The van der Waals surface area contributed by atoms with Crippen molar-refractivity contribution in [2.75, 3.05) is 12.4 Å². The molecule has 0 bridgehead atoms. The number of carboxylic acids is 1. The van der Waals surface area contributed by atoms with E-state index in [1.807, 2.05) is 6.07 Å². The van der Waals surface area contributed by atoms with Crippen LogP contribution in [0.5, 0.6) is 5.75 Å². The highest BCUT2D eigenvalue weighted by Gasteiger charge is 2.15. The zero-order valence-corrected chi connectivity index (χ0v) is 13.6. The van der Waals surface area contributed by atoms with Crippen LogP contribution >= 0.6 is 43.2 Å². The smallest absolute Gasteiger partial charge is 0.357 e. The Labute approximate surface area is 129 Å². The van der Waals surface area contributed by atoms with Gasteiger partial charge in [0.15, 0.2) is 5.69 Å². The summed E-state index contributed by atoms with van der Waals surface area (Å²) in [4.78, 5) is 14.8. The molecule has 0 radical (unpaired) electrons. The molecule has 2 N–H and O–H groups in total. The van der Waals surface area contributed by atoms with Crippen molar-refractivity contribution < 1.29 is 14.6 Å². The van der Waals surface area contributed by atoms with E-state index in [0.717, 1.165) is 8.95 Å². The van der Waals surface area contributed by atoms with Crippen LogP contribution in [0.25, 0.3) is 0 Å². The molecule has 0 saturated heterocycles. The van der Waals surface area contributed by atoms with Gasteiger partial charge in [-0.2, -0.15) is 0 Å². The minimum atomic E-state index is -1.07. The molecule has 1 aromatic carbocycles. The summed E-state index contributed by atoms with van der Waals surface area (Å²) in [5.74, 6) is -0.420. The minimum Gasteiger partial charge on any atom is -0.495 e. The number of thiazole rings is 1. The Bertz CT molecular complexity index is 630. The summed E-state index contributed by atoms with van der Waals surface area (Å²) in [6, 6.07) is 3.59. The number of carboxylic acid groups (broad SMARTS) is 1. The van der Waals surface area contributed by atoms with Gasteiger partial charge in [-0.3, -0.25) is 0 Å². The van der Waals surface area contributed by atoms with Crippen LogP contribution in [-0.4, -0.2) is 23.2 Å². The normalized spacial score (nSPS) is 10.3. The number of aromatic carboxylic acids is 1. The third-order valence-corrected chi connectivity index (χ3v) is 4.28. The van der Waals surface area contributed by atoms with Gasteiger partial charge < -0.3 is 15.2 Å². The van der Waals surface area contributed by atoms with Crippen molar-refractivity contribution >= 4 is 59.9 Å². The maximum Gasteiger partial charge on any atom is 0.357 e. The van der Waals surface area contributed by atoms with Gasteiger partial charge in [-0.25, -0.2) is 9.78 Å². The summed E-state index contributed by atoms with van der Waals surface area (Å²) in [6.45, 7) is 0. The van der Waals surface area contributed by atoms with Crippen molar-refractivity contribution in [1.82, 2.24) is 4.98 Å². The standard InChI is InChI=1S/C11H8Br2N2O3S/c1-18-8-3-7(5(12)2-6(8)13)15-10-9(11(16)17)14-4-19-10/h2-4,15H,1H3,(H,16,17). The predicted molar refractivity (Wildman–Crippen MR) is 80.8 cm³/mol. The number of ether oxygens (including phenoxy) is 1. The number of hydrogen-bond donors (Lipinski definition) is 2. The molecule has 8 heteroatoms. The van der Waals surface area contributed by atoms with E-state index in [2.05, 4.69) is 42.2 Å². The van der Waals surface area contributed by atoms with E-state index in [4.69, 9.17) is 9.84 Å². The maximum atomic E-state index is 11.0. The predicted octanol–water partition coefficient (Wildman–Crippen LogP) is 4.12. The van der Waals surface area contributed by atoms with Crippen LogP contribution in [0.1, 0.15) is 10.5 Å². The number of hydrogen-bond acceptors (Lipinski definition) is 5. The molecule has 0 aliphatic carbocycles. The molecule has 19 heavy (non-hydrogen) atoms. The van der Waals surface area contributed by atoms with Gasteiger partial charge in [0, 0.05) is 10.5 Å². The molecule has 0 saturated carbocycles. The Balaban J connectivity index is 2.38. The molecule has 0 aliphatic heterocycles. The number of nitrogens with zero attached hydrogens (tertiary/aromatic N) is 1. The fraction of sp³-hybridized carbons (Fsp3) is 0.0909. The first-order valence-electron chi connectivity index (χ1n) is 4.99. The maximum absolute atomic E-state index is 11.0. The number of benzene rings is 1. The van der Waals surface area contributed by atoms with Gasteiger partial charge in [-0.1, -0.05) is 0 Å². The van der Waals surface area contributed by atoms with Crippen LogP contribution in [0.15, 0.2) is 26.6 Å². The summed E-state index contributed by atoms with van der Waals surface area (Å²) in [5, 5.41) is 12.5. The summed E-state index contributed by atoms with van der Waals surface area (Å²) >= 11 is 8.00. The quantitative estimate of drug-likeness (QED) is 0.797. The van der Waals surface area contributed by atoms with Crippen molar-refractivity contribution in [3.63, 3.8) is 0 Å². The molecule has 100 valence electrons. The van der Waals surface area contributed by atoms with E-state index in [0.29, 0.717) is 16.4 Å². The molecule has 0 aliphatic rings. The van der Waals surface area contributed by atoms with Crippen LogP contribution in [-0.2, 0) is 0 Å². The molecular weight excluding hydrogens is 400 g/mol. The van der Waals surface area contributed by atoms with Crippen LogP contribution in [0.2, 0.25) is 0 Å². The lowest BCUT2D eigenvalue weighted by molar-refractivity contribution is 0.0692. The summed E-state index contributed by atoms with van der Waals surface area (Å²) in [7, 11) is 1.56.